The van der Waals surface area contributed by atoms with Crippen molar-refractivity contribution >= 4 is 35.0 Å². The molecule has 5 rings (SSSR count). The van der Waals surface area contributed by atoms with Gasteiger partial charge in [-0.1, -0.05) is 35.4 Å². The number of amides is 2. The quantitative estimate of drug-likeness (QED) is 0.593. The number of carbonyl (C=O) groups excluding carboxylic acids is 2. The van der Waals surface area contributed by atoms with Crippen LogP contribution in [0.1, 0.15) is 23.2 Å². The number of hydrogen-bond donors (Lipinski definition) is 1. The fourth-order valence-electron chi connectivity index (χ4n) is 4.80. The Hall–Kier alpha value is -3.94. The molecular weight excluding hydrogens is 452 g/mol. The van der Waals surface area contributed by atoms with Gasteiger partial charge in [0.25, 0.3) is 0 Å². The summed E-state index contributed by atoms with van der Waals surface area (Å²) < 4.78 is 0. The first-order valence-corrected chi connectivity index (χ1v) is 12.5. The lowest BCUT2D eigenvalue weighted by molar-refractivity contribution is -0.136. The van der Waals surface area contributed by atoms with E-state index in [0.29, 0.717) is 38.7 Å². The fourth-order valence-corrected chi connectivity index (χ4v) is 4.80. The number of aromatic nitrogens is 2. The van der Waals surface area contributed by atoms with Crippen LogP contribution in [0.25, 0.3) is 0 Å². The zero-order valence-corrected chi connectivity index (χ0v) is 21.1. The predicted molar refractivity (Wildman–Crippen MR) is 142 cm³/mol. The molecule has 1 aromatic heterocycles. The van der Waals surface area contributed by atoms with Crippen molar-refractivity contribution in [3.05, 3.63) is 71.4 Å². The van der Waals surface area contributed by atoms with E-state index in [0.717, 1.165) is 28.5 Å². The number of hydrogen-bond acceptors (Lipinski definition) is 6. The zero-order valence-electron chi connectivity index (χ0n) is 21.1. The van der Waals surface area contributed by atoms with Crippen LogP contribution in [0, 0.1) is 26.7 Å². The number of anilines is 4. The van der Waals surface area contributed by atoms with E-state index in [1.807, 2.05) is 73.3 Å². The summed E-state index contributed by atoms with van der Waals surface area (Å²) in [7, 11) is 0. The Morgan fingerprint density at radius 2 is 1.53 bits per heavy atom. The molecule has 2 aromatic carbocycles. The highest BCUT2D eigenvalue weighted by atomic mass is 16.2. The smallest absolute Gasteiger partial charge is 0.229 e. The Bertz CT molecular complexity index is 1250. The zero-order chi connectivity index (χ0) is 25.2. The van der Waals surface area contributed by atoms with Gasteiger partial charge >= 0.3 is 0 Å². The third kappa shape index (κ3) is 5.17. The Labute approximate surface area is 212 Å². The van der Waals surface area contributed by atoms with Crippen molar-refractivity contribution in [2.75, 3.05) is 47.8 Å². The summed E-state index contributed by atoms with van der Waals surface area (Å²) in [5.41, 5.74) is 5.03. The molecule has 2 amide bonds. The maximum absolute atomic E-state index is 13.2. The third-order valence-corrected chi connectivity index (χ3v) is 6.88. The molecule has 3 aromatic rings. The van der Waals surface area contributed by atoms with Gasteiger partial charge in [-0.3, -0.25) is 9.59 Å². The largest absolute Gasteiger partial charge is 0.353 e. The molecule has 8 nitrogen and oxygen atoms in total. The highest BCUT2D eigenvalue weighted by molar-refractivity contribution is 6.00. The van der Waals surface area contributed by atoms with Gasteiger partial charge < -0.3 is 20.0 Å². The van der Waals surface area contributed by atoms with Crippen LogP contribution in [0.5, 0.6) is 0 Å². The molecule has 2 aliphatic heterocycles. The van der Waals surface area contributed by atoms with Crippen molar-refractivity contribution < 1.29 is 9.59 Å². The fraction of sp³-hybridized carbons (Fsp3) is 0.357. The molecular formula is C28H32N6O2. The Kier molecular flexibility index (Phi) is 6.59. The van der Waals surface area contributed by atoms with Gasteiger partial charge in [0.15, 0.2) is 0 Å². The second kappa shape index (κ2) is 9.97. The number of nitrogens with zero attached hydrogens (tertiary/aromatic N) is 5. The van der Waals surface area contributed by atoms with Gasteiger partial charge in [-0.2, -0.15) is 4.98 Å². The van der Waals surface area contributed by atoms with Crippen molar-refractivity contribution in [1.82, 2.24) is 14.9 Å². The SMILES string of the molecule is Cc1ccc(Nc2nc(C)cc(N3CCN(C(=O)C4CC(=O)N(c5ccc(C)cc5)C4)CC3)n2)cc1. The molecule has 1 atom stereocenters. The van der Waals surface area contributed by atoms with Crippen LogP contribution in [0.4, 0.5) is 23.1 Å². The minimum absolute atomic E-state index is 0.0147. The summed E-state index contributed by atoms with van der Waals surface area (Å²) in [5, 5.41) is 3.29. The van der Waals surface area contributed by atoms with E-state index in [4.69, 9.17) is 4.98 Å². The molecule has 3 heterocycles. The second-order valence-corrected chi connectivity index (χ2v) is 9.74. The van der Waals surface area contributed by atoms with E-state index in [2.05, 4.69) is 22.1 Å². The molecule has 0 spiro atoms. The average molecular weight is 485 g/mol. The normalized spacial score (nSPS) is 18.0. The molecule has 36 heavy (non-hydrogen) atoms. The van der Waals surface area contributed by atoms with Crippen LogP contribution >= 0.6 is 0 Å². The van der Waals surface area contributed by atoms with Crippen LogP contribution in [-0.2, 0) is 9.59 Å². The summed E-state index contributed by atoms with van der Waals surface area (Å²) in [5.74, 6) is 1.20. The lowest BCUT2D eigenvalue weighted by atomic mass is 10.1. The summed E-state index contributed by atoms with van der Waals surface area (Å²) in [4.78, 5) is 41.0. The van der Waals surface area contributed by atoms with Crippen molar-refractivity contribution in [2.45, 2.75) is 27.2 Å². The third-order valence-electron chi connectivity index (χ3n) is 6.88. The number of benzene rings is 2. The molecule has 2 fully saturated rings. The van der Waals surface area contributed by atoms with Crippen molar-refractivity contribution in [1.29, 1.82) is 0 Å². The maximum Gasteiger partial charge on any atom is 0.229 e. The lowest BCUT2D eigenvalue weighted by Gasteiger charge is -2.36. The molecule has 8 heteroatoms. The number of carbonyl (C=O) groups is 2. The number of piperazine rings is 1. The first-order valence-electron chi connectivity index (χ1n) is 12.5. The van der Waals surface area contributed by atoms with Gasteiger partial charge in [0.05, 0.1) is 5.92 Å². The van der Waals surface area contributed by atoms with E-state index < -0.39 is 0 Å². The highest BCUT2D eigenvalue weighted by Gasteiger charge is 2.38. The van der Waals surface area contributed by atoms with E-state index in [1.54, 1.807) is 4.90 Å². The monoisotopic (exact) mass is 484 g/mol. The maximum atomic E-state index is 13.2. The summed E-state index contributed by atoms with van der Waals surface area (Å²) in [6.45, 7) is 9.08. The molecule has 0 radical (unpaired) electrons. The molecule has 0 aliphatic carbocycles. The van der Waals surface area contributed by atoms with Gasteiger partial charge in [-0.25, -0.2) is 4.98 Å². The Morgan fingerprint density at radius 1 is 0.889 bits per heavy atom. The van der Waals surface area contributed by atoms with Crippen LogP contribution < -0.4 is 15.1 Å². The van der Waals surface area contributed by atoms with Gasteiger partial charge in [-0.15, -0.1) is 0 Å². The topological polar surface area (TPSA) is 81.7 Å². The van der Waals surface area contributed by atoms with Crippen molar-refractivity contribution in [3.63, 3.8) is 0 Å². The molecule has 1 unspecified atom stereocenters. The lowest BCUT2D eigenvalue weighted by Crippen LogP contribution is -2.51. The van der Waals surface area contributed by atoms with E-state index in [9.17, 15) is 9.59 Å². The van der Waals surface area contributed by atoms with Crippen LogP contribution in [0.3, 0.4) is 0 Å². The molecule has 2 saturated heterocycles. The van der Waals surface area contributed by atoms with Gasteiger partial charge in [-0.05, 0) is 45.0 Å². The van der Waals surface area contributed by atoms with E-state index in [-0.39, 0.29) is 24.2 Å². The van der Waals surface area contributed by atoms with Crippen LogP contribution in [0.15, 0.2) is 54.6 Å². The summed E-state index contributed by atoms with van der Waals surface area (Å²) in [6.07, 6.45) is 0.270. The first-order chi connectivity index (χ1) is 17.4. The van der Waals surface area contributed by atoms with Gasteiger partial charge in [0.2, 0.25) is 17.8 Å². The van der Waals surface area contributed by atoms with E-state index >= 15 is 0 Å². The molecule has 2 aliphatic rings. The first kappa shape index (κ1) is 23.8. The average Bonchev–Trinajstić information content (AvgIpc) is 3.27. The summed E-state index contributed by atoms with van der Waals surface area (Å²) >= 11 is 0. The number of aryl methyl sites for hydroxylation is 3. The number of rotatable bonds is 5. The molecule has 1 N–H and O–H groups in total. The predicted octanol–water partition coefficient (Wildman–Crippen LogP) is 3.85. The van der Waals surface area contributed by atoms with Crippen LogP contribution in [0.2, 0.25) is 0 Å². The van der Waals surface area contributed by atoms with Crippen molar-refractivity contribution in [3.8, 4) is 0 Å². The number of nitrogens with one attached hydrogen (secondary N) is 1. The van der Waals surface area contributed by atoms with Gasteiger partial charge in [0.1, 0.15) is 5.82 Å². The second-order valence-electron chi connectivity index (χ2n) is 9.74. The minimum Gasteiger partial charge on any atom is -0.353 e. The molecule has 0 bridgehead atoms. The van der Waals surface area contributed by atoms with Crippen LogP contribution in [-0.4, -0.2) is 59.4 Å². The summed E-state index contributed by atoms with van der Waals surface area (Å²) in [6, 6.07) is 18.0. The van der Waals surface area contributed by atoms with E-state index in [1.165, 1.54) is 5.56 Å². The van der Waals surface area contributed by atoms with Crippen molar-refractivity contribution in [2.24, 2.45) is 5.92 Å². The standard InChI is InChI=1S/C28H32N6O2/c1-19-4-8-23(9-5-19)30-28-29-21(3)16-25(31-28)32-12-14-33(15-13-32)27(36)22-17-26(35)34(18-22)24-10-6-20(2)7-11-24/h4-11,16,22H,12-15,17-18H2,1-3H3,(H,29,30,31). The molecule has 186 valence electrons. The Balaban J connectivity index is 1.20. The Morgan fingerprint density at radius 3 is 2.19 bits per heavy atom. The van der Waals surface area contributed by atoms with Gasteiger partial charge in [0, 0.05) is 62.3 Å². The highest BCUT2D eigenvalue weighted by Crippen LogP contribution is 2.27. The molecule has 0 saturated carbocycles. The minimum atomic E-state index is -0.294.